The van der Waals surface area contributed by atoms with Crippen molar-refractivity contribution < 1.29 is 0 Å². The fraction of sp³-hybridized carbons (Fsp3) is 0.500. The van der Waals surface area contributed by atoms with E-state index in [0.717, 1.165) is 37.4 Å². The highest BCUT2D eigenvalue weighted by Crippen LogP contribution is 2.33. The molecule has 0 amide bonds. The summed E-state index contributed by atoms with van der Waals surface area (Å²) < 4.78 is 0. The summed E-state index contributed by atoms with van der Waals surface area (Å²) in [4.78, 5) is 13.5. The summed E-state index contributed by atoms with van der Waals surface area (Å²) in [5, 5.41) is 8.06. The van der Waals surface area contributed by atoms with E-state index in [-0.39, 0.29) is 0 Å². The van der Waals surface area contributed by atoms with Crippen LogP contribution in [0.1, 0.15) is 30.0 Å². The molecule has 5 heteroatoms. The maximum atomic E-state index is 4.60. The average Bonchev–Trinajstić information content (AvgIpc) is 2.96. The monoisotopic (exact) mass is 255 g/mol. The van der Waals surface area contributed by atoms with Crippen LogP contribution in [0, 0.1) is 0 Å². The third-order valence-electron chi connectivity index (χ3n) is 4.16. The topological polar surface area (TPSA) is 62.7 Å². The third kappa shape index (κ3) is 1.76. The number of aromatic nitrogens is 3. The SMILES string of the molecule is c1nc(C2CCCNC2)c2c3c(ncc2n1)NCC3. The quantitative estimate of drug-likeness (QED) is 0.807. The van der Waals surface area contributed by atoms with Crippen molar-refractivity contribution in [2.75, 3.05) is 25.0 Å². The summed E-state index contributed by atoms with van der Waals surface area (Å²) in [6.07, 6.45) is 7.02. The van der Waals surface area contributed by atoms with Crippen molar-refractivity contribution in [2.24, 2.45) is 0 Å². The predicted molar refractivity (Wildman–Crippen MR) is 74.4 cm³/mol. The first-order valence-electron chi connectivity index (χ1n) is 7.00. The molecule has 2 aromatic heterocycles. The van der Waals surface area contributed by atoms with Gasteiger partial charge in [0.15, 0.2) is 0 Å². The van der Waals surface area contributed by atoms with E-state index in [9.17, 15) is 0 Å². The fourth-order valence-electron chi connectivity index (χ4n) is 3.24. The van der Waals surface area contributed by atoms with Crippen LogP contribution in [0.15, 0.2) is 12.5 Å². The maximum Gasteiger partial charge on any atom is 0.130 e. The van der Waals surface area contributed by atoms with Crippen LogP contribution in [-0.2, 0) is 6.42 Å². The molecule has 0 bridgehead atoms. The molecule has 0 aliphatic carbocycles. The van der Waals surface area contributed by atoms with Gasteiger partial charge >= 0.3 is 0 Å². The zero-order valence-electron chi connectivity index (χ0n) is 10.8. The Bertz CT molecular complexity index is 619. The Kier molecular flexibility index (Phi) is 2.58. The molecule has 1 atom stereocenters. The number of nitrogens with zero attached hydrogens (tertiary/aromatic N) is 3. The van der Waals surface area contributed by atoms with E-state index < -0.39 is 0 Å². The van der Waals surface area contributed by atoms with Gasteiger partial charge in [-0.1, -0.05) is 0 Å². The summed E-state index contributed by atoms with van der Waals surface area (Å²) in [7, 11) is 0. The molecule has 19 heavy (non-hydrogen) atoms. The van der Waals surface area contributed by atoms with Crippen LogP contribution in [-0.4, -0.2) is 34.6 Å². The van der Waals surface area contributed by atoms with E-state index in [2.05, 4.69) is 25.6 Å². The Morgan fingerprint density at radius 3 is 3.05 bits per heavy atom. The molecular formula is C14H17N5. The normalized spacial score (nSPS) is 22.2. The summed E-state index contributed by atoms with van der Waals surface area (Å²) in [5.74, 6) is 1.53. The molecule has 98 valence electrons. The minimum absolute atomic E-state index is 0.506. The second kappa shape index (κ2) is 4.42. The smallest absolute Gasteiger partial charge is 0.130 e. The second-order valence-electron chi connectivity index (χ2n) is 5.32. The molecule has 1 saturated heterocycles. The number of piperidine rings is 1. The highest BCUT2D eigenvalue weighted by Gasteiger charge is 2.23. The van der Waals surface area contributed by atoms with Crippen molar-refractivity contribution in [3.63, 3.8) is 0 Å². The molecule has 4 rings (SSSR count). The number of rotatable bonds is 1. The molecule has 0 radical (unpaired) electrons. The zero-order chi connectivity index (χ0) is 12.7. The first-order chi connectivity index (χ1) is 9.43. The largest absolute Gasteiger partial charge is 0.369 e. The van der Waals surface area contributed by atoms with Crippen molar-refractivity contribution in [1.82, 2.24) is 20.3 Å². The van der Waals surface area contributed by atoms with Crippen molar-refractivity contribution in [1.29, 1.82) is 0 Å². The lowest BCUT2D eigenvalue weighted by molar-refractivity contribution is 0.456. The standard InChI is InChI=1S/C14H17N5/c1-2-9(6-15-4-1)13-12-10-3-5-16-14(10)17-7-11(12)18-8-19-13/h7-9,15H,1-6H2,(H,16,17). The predicted octanol–water partition coefficient (Wildman–Crippen LogP) is 1.46. The number of hydrogen-bond donors (Lipinski definition) is 2. The number of hydrogen-bond acceptors (Lipinski definition) is 5. The number of fused-ring (bicyclic) bond motifs is 3. The lowest BCUT2D eigenvalue weighted by Crippen LogP contribution is -2.29. The molecule has 1 fully saturated rings. The van der Waals surface area contributed by atoms with Crippen LogP contribution in [0.3, 0.4) is 0 Å². The summed E-state index contributed by atoms with van der Waals surface area (Å²) in [6, 6.07) is 0. The molecule has 2 aromatic rings. The lowest BCUT2D eigenvalue weighted by Gasteiger charge is -2.23. The summed E-state index contributed by atoms with van der Waals surface area (Å²) >= 11 is 0. The van der Waals surface area contributed by atoms with Gasteiger partial charge in [-0.2, -0.15) is 0 Å². The number of nitrogens with one attached hydrogen (secondary N) is 2. The Labute approximate surface area is 111 Å². The van der Waals surface area contributed by atoms with Crippen molar-refractivity contribution in [3.8, 4) is 0 Å². The maximum absolute atomic E-state index is 4.60. The van der Waals surface area contributed by atoms with Crippen molar-refractivity contribution >= 4 is 16.7 Å². The molecule has 0 spiro atoms. The van der Waals surface area contributed by atoms with Gasteiger partial charge in [0.2, 0.25) is 0 Å². The first kappa shape index (κ1) is 11.1. The van der Waals surface area contributed by atoms with E-state index in [4.69, 9.17) is 0 Å². The molecule has 4 heterocycles. The molecule has 2 N–H and O–H groups in total. The van der Waals surface area contributed by atoms with E-state index in [1.165, 1.54) is 29.5 Å². The average molecular weight is 255 g/mol. The molecule has 2 aliphatic rings. The van der Waals surface area contributed by atoms with Gasteiger partial charge in [-0.25, -0.2) is 15.0 Å². The van der Waals surface area contributed by atoms with Crippen LogP contribution in [0.5, 0.6) is 0 Å². The summed E-state index contributed by atoms with van der Waals surface area (Å²) in [5.41, 5.74) is 3.50. The Balaban J connectivity index is 1.92. The highest BCUT2D eigenvalue weighted by molar-refractivity contribution is 5.88. The van der Waals surface area contributed by atoms with Crippen LogP contribution < -0.4 is 10.6 Å². The summed E-state index contributed by atoms with van der Waals surface area (Å²) in [6.45, 7) is 3.12. The van der Waals surface area contributed by atoms with Crippen molar-refractivity contribution in [3.05, 3.63) is 23.8 Å². The van der Waals surface area contributed by atoms with Crippen molar-refractivity contribution in [2.45, 2.75) is 25.2 Å². The van der Waals surface area contributed by atoms with Crippen LogP contribution in [0.25, 0.3) is 10.9 Å². The van der Waals surface area contributed by atoms with E-state index in [0.29, 0.717) is 5.92 Å². The fourth-order valence-corrected chi connectivity index (χ4v) is 3.24. The van der Waals surface area contributed by atoms with Gasteiger partial charge < -0.3 is 10.6 Å². The number of anilines is 1. The van der Waals surface area contributed by atoms with Crippen LogP contribution >= 0.6 is 0 Å². The first-order valence-corrected chi connectivity index (χ1v) is 7.00. The van der Waals surface area contributed by atoms with Gasteiger partial charge in [0.1, 0.15) is 12.1 Å². The molecule has 2 aliphatic heterocycles. The van der Waals surface area contributed by atoms with Gasteiger partial charge in [-0.15, -0.1) is 0 Å². The Hall–Kier alpha value is -1.75. The lowest BCUT2D eigenvalue weighted by atomic mass is 9.92. The van der Waals surface area contributed by atoms with Gasteiger partial charge in [-0.05, 0) is 25.8 Å². The van der Waals surface area contributed by atoms with Crippen LogP contribution in [0.2, 0.25) is 0 Å². The molecular weight excluding hydrogens is 238 g/mol. The number of pyridine rings is 1. The minimum Gasteiger partial charge on any atom is -0.369 e. The Morgan fingerprint density at radius 2 is 2.16 bits per heavy atom. The Morgan fingerprint density at radius 1 is 1.16 bits per heavy atom. The van der Waals surface area contributed by atoms with Crippen LogP contribution in [0.4, 0.5) is 5.82 Å². The van der Waals surface area contributed by atoms with E-state index in [1.807, 2.05) is 6.20 Å². The molecule has 0 aromatic carbocycles. The van der Waals surface area contributed by atoms with Gasteiger partial charge in [0.05, 0.1) is 17.4 Å². The zero-order valence-corrected chi connectivity index (χ0v) is 10.8. The van der Waals surface area contributed by atoms with E-state index in [1.54, 1.807) is 6.33 Å². The van der Waals surface area contributed by atoms with Gasteiger partial charge in [0.25, 0.3) is 0 Å². The minimum atomic E-state index is 0.506. The van der Waals surface area contributed by atoms with Gasteiger partial charge in [-0.3, -0.25) is 0 Å². The highest BCUT2D eigenvalue weighted by atomic mass is 15.0. The second-order valence-corrected chi connectivity index (χ2v) is 5.32. The van der Waals surface area contributed by atoms with E-state index >= 15 is 0 Å². The van der Waals surface area contributed by atoms with Gasteiger partial charge in [0, 0.05) is 30.0 Å². The molecule has 1 unspecified atom stereocenters. The molecule has 5 nitrogen and oxygen atoms in total. The molecule has 0 saturated carbocycles. The third-order valence-corrected chi connectivity index (χ3v) is 4.16.